The molecule has 0 aliphatic carbocycles. The summed E-state index contributed by atoms with van der Waals surface area (Å²) in [5.41, 5.74) is 0. The molecule has 0 fully saturated rings. The van der Waals surface area contributed by atoms with Crippen molar-refractivity contribution in [2.75, 3.05) is 33.7 Å². The fourth-order valence-corrected chi connectivity index (χ4v) is 1.70. The van der Waals surface area contributed by atoms with E-state index in [1.807, 2.05) is 0 Å². The van der Waals surface area contributed by atoms with E-state index in [0.717, 1.165) is 6.26 Å². The molecule has 0 atom stereocenters. The molecule has 0 bridgehead atoms. The molecule has 0 aromatic heterocycles. The van der Waals surface area contributed by atoms with Crippen molar-refractivity contribution in [1.29, 1.82) is 5.26 Å². The van der Waals surface area contributed by atoms with Gasteiger partial charge in [0, 0.05) is 20.5 Å². The number of ether oxygens (including phenoxy) is 2. The zero-order valence-electron chi connectivity index (χ0n) is 7.90. The fourth-order valence-electron chi connectivity index (χ4n) is 0.870. The predicted molar refractivity (Wildman–Crippen MR) is 46.9 cm³/mol. The van der Waals surface area contributed by atoms with Crippen LogP contribution < -0.4 is 0 Å². The molecule has 0 radical (unpaired) electrons. The van der Waals surface area contributed by atoms with Gasteiger partial charge in [0.15, 0.2) is 9.84 Å². The fraction of sp³-hybridized carbons (Fsp3) is 0.857. The van der Waals surface area contributed by atoms with Crippen LogP contribution in [0.15, 0.2) is 0 Å². The molecule has 0 aromatic rings. The molecule has 0 N–H and O–H groups in total. The average molecular weight is 207 g/mol. The van der Waals surface area contributed by atoms with E-state index in [4.69, 9.17) is 14.7 Å². The Kier molecular flexibility index (Phi) is 4.33. The molecular formula is C7H13NO4S. The summed E-state index contributed by atoms with van der Waals surface area (Å²) in [6.45, 7) is -0.369. The molecule has 0 rings (SSSR count). The standard InChI is InChI=1S/C7H13NO4S/c1-11-5-7(4-8,6-12-2)13(3,9)10/h5-6H2,1-3H3. The minimum absolute atomic E-state index is 0.184. The Morgan fingerprint density at radius 1 is 1.31 bits per heavy atom. The summed E-state index contributed by atoms with van der Waals surface area (Å²) >= 11 is 0. The molecule has 0 unspecified atom stereocenters. The Morgan fingerprint density at radius 2 is 1.69 bits per heavy atom. The molecule has 13 heavy (non-hydrogen) atoms. The van der Waals surface area contributed by atoms with Gasteiger partial charge in [0.1, 0.15) is 0 Å². The second kappa shape index (κ2) is 4.56. The van der Waals surface area contributed by atoms with E-state index in [2.05, 4.69) is 0 Å². The lowest BCUT2D eigenvalue weighted by Crippen LogP contribution is -2.45. The Morgan fingerprint density at radius 3 is 1.85 bits per heavy atom. The van der Waals surface area contributed by atoms with Crippen molar-refractivity contribution in [2.45, 2.75) is 4.75 Å². The molecule has 6 heteroatoms. The second-order valence-corrected chi connectivity index (χ2v) is 5.07. The summed E-state index contributed by atoms with van der Waals surface area (Å²) in [4.78, 5) is 0. The van der Waals surface area contributed by atoms with Crippen LogP contribution in [0.5, 0.6) is 0 Å². The van der Waals surface area contributed by atoms with Crippen LogP contribution in [-0.4, -0.2) is 46.9 Å². The Balaban J connectivity index is 5.02. The van der Waals surface area contributed by atoms with Crippen LogP contribution in [-0.2, 0) is 19.3 Å². The summed E-state index contributed by atoms with van der Waals surface area (Å²) in [5.74, 6) is 0. The van der Waals surface area contributed by atoms with Gasteiger partial charge in [0.25, 0.3) is 0 Å². The van der Waals surface area contributed by atoms with Crippen LogP contribution in [0.2, 0.25) is 0 Å². The largest absolute Gasteiger partial charge is 0.382 e. The van der Waals surface area contributed by atoms with Crippen LogP contribution >= 0.6 is 0 Å². The first-order valence-electron chi connectivity index (χ1n) is 3.52. The quantitative estimate of drug-likeness (QED) is 0.612. The van der Waals surface area contributed by atoms with Gasteiger partial charge in [-0.05, 0) is 0 Å². The molecule has 0 aliphatic rings. The van der Waals surface area contributed by atoms with Crippen LogP contribution in [0.3, 0.4) is 0 Å². The summed E-state index contributed by atoms with van der Waals surface area (Å²) in [5, 5.41) is 8.79. The van der Waals surface area contributed by atoms with Gasteiger partial charge >= 0.3 is 0 Å². The first kappa shape index (κ1) is 12.4. The van der Waals surface area contributed by atoms with E-state index in [1.54, 1.807) is 6.07 Å². The van der Waals surface area contributed by atoms with Crippen molar-refractivity contribution in [3.8, 4) is 6.07 Å². The monoisotopic (exact) mass is 207 g/mol. The maximum Gasteiger partial charge on any atom is 0.204 e. The lowest BCUT2D eigenvalue weighted by Gasteiger charge is -2.22. The highest BCUT2D eigenvalue weighted by Gasteiger charge is 2.41. The van der Waals surface area contributed by atoms with Crippen molar-refractivity contribution in [2.24, 2.45) is 0 Å². The second-order valence-electron chi connectivity index (χ2n) is 2.74. The predicted octanol–water partition coefficient (Wildman–Crippen LogP) is -0.414. The van der Waals surface area contributed by atoms with Gasteiger partial charge in [0.2, 0.25) is 4.75 Å². The van der Waals surface area contributed by atoms with E-state index in [0.29, 0.717) is 0 Å². The molecule has 5 nitrogen and oxygen atoms in total. The minimum atomic E-state index is -3.51. The third-order valence-corrected chi connectivity index (χ3v) is 3.42. The van der Waals surface area contributed by atoms with Gasteiger partial charge in [-0.2, -0.15) is 5.26 Å². The zero-order valence-corrected chi connectivity index (χ0v) is 8.72. The molecule has 0 spiro atoms. The Hall–Kier alpha value is -0.640. The molecule has 0 saturated carbocycles. The van der Waals surface area contributed by atoms with Gasteiger partial charge in [-0.25, -0.2) is 8.42 Å². The summed E-state index contributed by atoms with van der Waals surface area (Å²) in [6.07, 6.45) is 0.994. The summed E-state index contributed by atoms with van der Waals surface area (Å²) < 4.78 is 30.4. The highest BCUT2D eigenvalue weighted by Crippen LogP contribution is 2.16. The van der Waals surface area contributed by atoms with Crippen LogP contribution in [0, 0.1) is 11.3 Å². The van der Waals surface area contributed by atoms with Crippen molar-refractivity contribution < 1.29 is 17.9 Å². The van der Waals surface area contributed by atoms with Crippen molar-refractivity contribution >= 4 is 9.84 Å². The van der Waals surface area contributed by atoms with E-state index in [-0.39, 0.29) is 13.2 Å². The van der Waals surface area contributed by atoms with Gasteiger partial charge in [-0.15, -0.1) is 0 Å². The number of rotatable bonds is 5. The van der Waals surface area contributed by atoms with E-state index in [9.17, 15) is 8.42 Å². The average Bonchev–Trinajstić information content (AvgIpc) is 2.02. The minimum Gasteiger partial charge on any atom is -0.382 e. The smallest absolute Gasteiger partial charge is 0.204 e. The molecule has 0 amide bonds. The highest BCUT2D eigenvalue weighted by molar-refractivity contribution is 7.92. The zero-order chi connectivity index (χ0) is 10.5. The number of hydrogen-bond donors (Lipinski definition) is 0. The Bertz CT molecular complexity index is 284. The molecule has 0 saturated heterocycles. The summed E-state index contributed by atoms with van der Waals surface area (Å²) in [6, 6.07) is 1.72. The number of hydrogen-bond acceptors (Lipinski definition) is 5. The molecule has 0 heterocycles. The maximum absolute atomic E-state index is 11.3. The third kappa shape index (κ3) is 2.66. The van der Waals surface area contributed by atoms with Gasteiger partial charge in [-0.1, -0.05) is 0 Å². The van der Waals surface area contributed by atoms with Crippen LogP contribution in [0.1, 0.15) is 0 Å². The highest BCUT2D eigenvalue weighted by atomic mass is 32.2. The number of nitrogens with zero attached hydrogens (tertiary/aromatic N) is 1. The first-order chi connectivity index (χ1) is 5.93. The number of nitriles is 1. The molecule has 0 aliphatic heterocycles. The SMILES string of the molecule is COCC(C#N)(COC)S(C)(=O)=O. The van der Waals surface area contributed by atoms with Gasteiger partial charge in [-0.3, -0.25) is 0 Å². The number of sulfone groups is 1. The molecule has 76 valence electrons. The lowest BCUT2D eigenvalue weighted by atomic mass is 10.2. The van der Waals surface area contributed by atoms with Gasteiger partial charge in [0.05, 0.1) is 19.3 Å². The Labute approximate surface area is 78.2 Å². The van der Waals surface area contributed by atoms with E-state index in [1.165, 1.54) is 14.2 Å². The first-order valence-corrected chi connectivity index (χ1v) is 5.41. The number of methoxy groups -OCH3 is 2. The van der Waals surface area contributed by atoms with E-state index < -0.39 is 14.6 Å². The normalized spacial score (nSPS) is 12.5. The van der Waals surface area contributed by atoms with Crippen molar-refractivity contribution in [3.63, 3.8) is 0 Å². The van der Waals surface area contributed by atoms with Crippen LogP contribution in [0.4, 0.5) is 0 Å². The lowest BCUT2D eigenvalue weighted by molar-refractivity contribution is 0.119. The topological polar surface area (TPSA) is 76.4 Å². The molecular weight excluding hydrogens is 194 g/mol. The summed E-state index contributed by atoms with van der Waals surface area (Å²) in [7, 11) is -0.832. The van der Waals surface area contributed by atoms with Crippen molar-refractivity contribution in [1.82, 2.24) is 0 Å². The van der Waals surface area contributed by atoms with E-state index >= 15 is 0 Å². The van der Waals surface area contributed by atoms with Gasteiger partial charge < -0.3 is 9.47 Å². The van der Waals surface area contributed by atoms with Crippen LogP contribution in [0.25, 0.3) is 0 Å². The molecule has 0 aromatic carbocycles. The third-order valence-electron chi connectivity index (χ3n) is 1.67. The maximum atomic E-state index is 11.3. The van der Waals surface area contributed by atoms with Crippen molar-refractivity contribution in [3.05, 3.63) is 0 Å².